The van der Waals surface area contributed by atoms with Crippen LogP contribution >= 0.6 is 0 Å². The Morgan fingerprint density at radius 3 is 2.38 bits per heavy atom. The van der Waals surface area contributed by atoms with Crippen LogP contribution in [0.3, 0.4) is 0 Å². The molecule has 2 aromatic carbocycles. The standard InChI is InChI=1S/C26H36N2O/c1-4-23-13-15-25(16-14-23)26(29)28(20-24-11-9-21(2)10-12-24)19-7-18-27-17-6-5-8-22(27)3/h9-16,22H,4-8,17-20H2,1-3H3. The van der Waals surface area contributed by atoms with E-state index < -0.39 is 0 Å². The van der Waals surface area contributed by atoms with E-state index in [1.54, 1.807) is 0 Å². The summed E-state index contributed by atoms with van der Waals surface area (Å²) >= 11 is 0. The number of likely N-dealkylation sites (tertiary alicyclic amines) is 1. The number of carbonyl (C=O) groups excluding carboxylic acids is 1. The van der Waals surface area contributed by atoms with E-state index in [4.69, 9.17) is 0 Å². The van der Waals surface area contributed by atoms with E-state index in [1.807, 2.05) is 17.0 Å². The zero-order valence-corrected chi connectivity index (χ0v) is 18.4. The number of hydrogen-bond donors (Lipinski definition) is 0. The summed E-state index contributed by atoms with van der Waals surface area (Å²) < 4.78 is 0. The molecular weight excluding hydrogens is 356 g/mol. The van der Waals surface area contributed by atoms with E-state index in [1.165, 1.54) is 42.5 Å². The number of benzene rings is 2. The lowest BCUT2D eigenvalue weighted by molar-refractivity contribution is 0.0726. The molecule has 156 valence electrons. The Morgan fingerprint density at radius 1 is 1.03 bits per heavy atom. The highest BCUT2D eigenvalue weighted by Crippen LogP contribution is 2.18. The summed E-state index contributed by atoms with van der Waals surface area (Å²) in [6.07, 6.45) is 5.98. The molecule has 1 amide bonds. The minimum absolute atomic E-state index is 0.139. The summed E-state index contributed by atoms with van der Waals surface area (Å²) in [5, 5.41) is 0. The normalized spacial score (nSPS) is 17.3. The van der Waals surface area contributed by atoms with Crippen LogP contribution in [0, 0.1) is 6.92 Å². The molecule has 29 heavy (non-hydrogen) atoms. The molecule has 1 saturated heterocycles. The third-order valence-corrected chi connectivity index (χ3v) is 6.20. The molecule has 1 fully saturated rings. The molecule has 1 aliphatic rings. The van der Waals surface area contributed by atoms with E-state index in [9.17, 15) is 4.79 Å². The summed E-state index contributed by atoms with van der Waals surface area (Å²) in [5.74, 6) is 0.139. The van der Waals surface area contributed by atoms with Crippen LogP contribution in [0.2, 0.25) is 0 Å². The van der Waals surface area contributed by atoms with Crippen LogP contribution in [-0.4, -0.2) is 41.4 Å². The summed E-state index contributed by atoms with van der Waals surface area (Å²) in [7, 11) is 0. The van der Waals surface area contributed by atoms with Crippen LogP contribution in [0.15, 0.2) is 48.5 Å². The predicted molar refractivity (Wildman–Crippen MR) is 121 cm³/mol. The van der Waals surface area contributed by atoms with Crippen LogP contribution in [0.4, 0.5) is 0 Å². The highest BCUT2D eigenvalue weighted by Gasteiger charge is 2.20. The number of carbonyl (C=O) groups is 1. The maximum absolute atomic E-state index is 13.3. The summed E-state index contributed by atoms with van der Waals surface area (Å²) in [5.41, 5.74) is 4.51. The second kappa shape index (κ2) is 10.6. The van der Waals surface area contributed by atoms with Gasteiger partial charge in [-0.25, -0.2) is 0 Å². The quantitative estimate of drug-likeness (QED) is 0.595. The summed E-state index contributed by atoms with van der Waals surface area (Å²) in [4.78, 5) is 17.9. The molecule has 1 atom stereocenters. The molecule has 0 aliphatic carbocycles. The molecule has 2 aromatic rings. The molecule has 3 rings (SSSR count). The van der Waals surface area contributed by atoms with Crippen molar-refractivity contribution in [3.05, 3.63) is 70.8 Å². The van der Waals surface area contributed by atoms with Gasteiger partial charge in [0.05, 0.1) is 0 Å². The van der Waals surface area contributed by atoms with Crippen molar-refractivity contribution in [3.8, 4) is 0 Å². The van der Waals surface area contributed by atoms with Gasteiger partial charge < -0.3 is 9.80 Å². The molecular formula is C26H36N2O. The zero-order valence-electron chi connectivity index (χ0n) is 18.4. The molecule has 0 N–H and O–H groups in total. The van der Waals surface area contributed by atoms with E-state index >= 15 is 0 Å². The molecule has 0 spiro atoms. The number of piperidine rings is 1. The summed E-state index contributed by atoms with van der Waals surface area (Å²) in [6, 6.07) is 17.3. The average molecular weight is 393 g/mol. The Kier molecular flexibility index (Phi) is 7.88. The lowest BCUT2D eigenvalue weighted by atomic mass is 10.0. The van der Waals surface area contributed by atoms with Gasteiger partial charge in [0, 0.05) is 31.2 Å². The van der Waals surface area contributed by atoms with Gasteiger partial charge in [0.2, 0.25) is 0 Å². The molecule has 3 nitrogen and oxygen atoms in total. The Labute approximate surface area is 176 Å². The van der Waals surface area contributed by atoms with Gasteiger partial charge in [0.1, 0.15) is 0 Å². The zero-order chi connectivity index (χ0) is 20.6. The van der Waals surface area contributed by atoms with Crippen LogP contribution in [0.5, 0.6) is 0 Å². The smallest absolute Gasteiger partial charge is 0.254 e. The molecule has 3 heteroatoms. The first-order valence-electron chi connectivity index (χ1n) is 11.2. The highest BCUT2D eigenvalue weighted by atomic mass is 16.2. The maximum atomic E-state index is 13.3. The van der Waals surface area contributed by atoms with E-state index in [0.717, 1.165) is 31.5 Å². The number of hydrogen-bond acceptors (Lipinski definition) is 2. The van der Waals surface area contributed by atoms with E-state index in [-0.39, 0.29) is 5.91 Å². The fraction of sp³-hybridized carbons (Fsp3) is 0.500. The Hall–Kier alpha value is -2.13. The third kappa shape index (κ3) is 6.17. The van der Waals surface area contributed by atoms with Gasteiger partial charge in [-0.2, -0.15) is 0 Å². The topological polar surface area (TPSA) is 23.6 Å². The molecule has 0 bridgehead atoms. The van der Waals surface area contributed by atoms with Gasteiger partial charge >= 0.3 is 0 Å². The number of rotatable bonds is 8. The third-order valence-electron chi connectivity index (χ3n) is 6.20. The van der Waals surface area contributed by atoms with Crippen LogP contribution in [0.1, 0.15) is 66.6 Å². The largest absolute Gasteiger partial charge is 0.334 e. The lowest BCUT2D eigenvalue weighted by Crippen LogP contribution is -2.40. The van der Waals surface area contributed by atoms with Crippen molar-refractivity contribution < 1.29 is 4.79 Å². The molecule has 1 heterocycles. The first-order valence-corrected chi connectivity index (χ1v) is 11.2. The lowest BCUT2D eigenvalue weighted by Gasteiger charge is -2.34. The number of aryl methyl sites for hydroxylation is 2. The summed E-state index contributed by atoms with van der Waals surface area (Å²) in [6.45, 7) is 10.3. The fourth-order valence-corrected chi connectivity index (χ4v) is 4.19. The second-order valence-corrected chi connectivity index (χ2v) is 8.50. The van der Waals surface area contributed by atoms with Gasteiger partial charge in [-0.1, -0.05) is 55.3 Å². The van der Waals surface area contributed by atoms with E-state index in [0.29, 0.717) is 12.6 Å². The molecule has 0 saturated carbocycles. The van der Waals surface area contributed by atoms with Gasteiger partial charge in [-0.05, 0) is 69.3 Å². The Balaban J connectivity index is 1.67. The maximum Gasteiger partial charge on any atom is 0.254 e. The number of amides is 1. The Morgan fingerprint density at radius 2 is 1.72 bits per heavy atom. The van der Waals surface area contributed by atoms with Crippen LogP contribution < -0.4 is 0 Å². The molecule has 1 aliphatic heterocycles. The minimum Gasteiger partial charge on any atom is -0.334 e. The van der Waals surface area contributed by atoms with Crippen molar-refractivity contribution in [2.75, 3.05) is 19.6 Å². The van der Waals surface area contributed by atoms with Crippen LogP contribution in [0.25, 0.3) is 0 Å². The SMILES string of the molecule is CCc1ccc(C(=O)N(CCCN2CCCCC2C)Cc2ccc(C)cc2)cc1. The first kappa shape index (κ1) is 21.6. The van der Waals surface area contributed by atoms with Crippen LogP contribution in [-0.2, 0) is 13.0 Å². The van der Waals surface area contributed by atoms with Crippen molar-refractivity contribution in [3.63, 3.8) is 0 Å². The fourth-order valence-electron chi connectivity index (χ4n) is 4.19. The molecule has 1 unspecified atom stereocenters. The van der Waals surface area contributed by atoms with Gasteiger partial charge in [0.15, 0.2) is 0 Å². The van der Waals surface area contributed by atoms with Crippen molar-refractivity contribution >= 4 is 5.91 Å². The average Bonchev–Trinajstić information content (AvgIpc) is 2.75. The van der Waals surface area contributed by atoms with Crippen molar-refractivity contribution in [1.29, 1.82) is 0 Å². The van der Waals surface area contributed by atoms with Gasteiger partial charge in [0.25, 0.3) is 5.91 Å². The second-order valence-electron chi connectivity index (χ2n) is 8.50. The minimum atomic E-state index is 0.139. The van der Waals surface area contributed by atoms with Gasteiger partial charge in [-0.3, -0.25) is 4.79 Å². The first-order chi connectivity index (χ1) is 14.1. The predicted octanol–water partition coefficient (Wildman–Crippen LogP) is 5.46. The number of nitrogens with zero attached hydrogens (tertiary/aromatic N) is 2. The highest BCUT2D eigenvalue weighted by molar-refractivity contribution is 5.94. The Bertz CT molecular complexity index is 766. The van der Waals surface area contributed by atoms with E-state index in [2.05, 4.69) is 62.1 Å². The molecule has 0 aromatic heterocycles. The monoisotopic (exact) mass is 392 g/mol. The van der Waals surface area contributed by atoms with Gasteiger partial charge in [-0.15, -0.1) is 0 Å². The van der Waals surface area contributed by atoms with Crippen molar-refractivity contribution in [1.82, 2.24) is 9.80 Å². The molecule has 0 radical (unpaired) electrons. The van der Waals surface area contributed by atoms with Crippen molar-refractivity contribution in [2.24, 2.45) is 0 Å². The van der Waals surface area contributed by atoms with Crippen molar-refractivity contribution in [2.45, 2.75) is 65.5 Å².